The van der Waals surface area contributed by atoms with Gasteiger partial charge in [-0.1, -0.05) is 16.8 Å². The van der Waals surface area contributed by atoms with Crippen LogP contribution in [0.4, 0.5) is 0 Å². The molecule has 1 aromatic carbocycles. The first kappa shape index (κ1) is 16.7. The Morgan fingerprint density at radius 2 is 2.04 bits per heavy atom. The molecule has 0 N–H and O–H groups in total. The van der Waals surface area contributed by atoms with Gasteiger partial charge in [0.25, 0.3) is 5.71 Å². The number of carbonyl (C=O) groups excluding carboxylic acids is 1. The molecular weight excluding hydrogens is 360 g/mol. The molecule has 3 aromatic rings. The Morgan fingerprint density at radius 1 is 1.23 bits per heavy atom. The van der Waals surface area contributed by atoms with Gasteiger partial charge >= 0.3 is 5.97 Å². The van der Waals surface area contributed by atoms with E-state index in [-0.39, 0.29) is 6.61 Å². The van der Waals surface area contributed by atoms with Crippen LogP contribution in [0, 0.1) is 13.8 Å². The summed E-state index contributed by atoms with van der Waals surface area (Å²) in [5.74, 6) is 0.573. The molecule has 0 atom stereocenters. The van der Waals surface area contributed by atoms with E-state index in [1.807, 2.05) is 0 Å². The van der Waals surface area contributed by atoms with Crippen molar-refractivity contribution in [2.24, 2.45) is 0 Å². The molecule has 0 saturated heterocycles. The first-order valence-electron chi connectivity index (χ1n) is 8.01. The molecule has 1 aliphatic heterocycles. The van der Waals surface area contributed by atoms with Crippen LogP contribution in [0.3, 0.4) is 0 Å². The maximum atomic E-state index is 12.6. The highest BCUT2D eigenvalue weighted by atomic mass is 35.5. The summed E-state index contributed by atoms with van der Waals surface area (Å²) >= 11 is 6.21. The van der Waals surface area contributed by atoms with Crippen LogP contribution < -0.4 is 9.47 Å². The predicted molar refractivity (Wildman–Crippen MR) is 92.8 cm³/mol. The summed E-state index contributed by atoms with van der Waals surface area (Å²) < 4.78 is 21.6. The number of aryl methyl sites for hydroxylation is 2. The SMILES string of the molecule is Cc1cc(C(=O)OCc2cc(Cl)c3c(c2)OCCO3)c2c(C)noc2n1. The van der Waals surface area contributed by atoms with E-state index in [0.29, 0.717) is 63.3 Å². The van der Waals surface area contributed by atoms with Crippen molar-refractivity contribution in [1.29, 1.82) is 0 Å². The highest BCUT2D eigenvalue weighted by Crippen LogP contribution is 2.38. The molecule has 4 rings (SSSR count). The molecule has 8 heteroatoms. The Morgan fingerprint density at radius 3 is 2.88 bits per heavy atom. The molecule has 3 heterocycles. The summed E-state index contributed by atoms with van der Waals surface area (Å²) in [6.45, 7) is 4.47. The van der Waals surface area contributed by atoms with E-state index in [0.717, 1.165) is 0 Å². The molecule has 0 saturated carbocycles. The molecule has 7 nitrogen and oxygen atoms in total. The molecule has 0 aliphatic carbocycles. The van der Waals surface area contributed by atoms with Crippen molar-refractivity contribution < 1.29 is 23.5 Å². The Bertz CT molecular complexity index is 1010. The van der Waals surface area contributed by atoms with Crippen molar-refractivity contribution in [3.8, 4) is 11.5 Å². The summed E-state index contributed by atoms with van der Waals surface area (Å²) in [7, 11) is 0. The van der Waals surface area contributed by atoms with Gasteiger partial charge in [-0.25, -0.2) is 9.78 Å². The van der Waals surface area contributed by atoms with E-state index >= 15 is 0 Å². The number of rotatable bonds is 3. The topological polar surface area (TPSA) is 83.7 Å². The molecule has 26 heavy (non-hydrogen) atoms. The Hall–Kier alpha value is -2.80. The van der Waals surface area contributed by atoms with Gasteiger partial charge in [-0.2, -0.15) is 0 Å². The highest BCUT2D eigenvalue weighted by Gasteiger charge is 2.20. The van der Waals surface area contributed by atoms with Crippen LogP contribution in [0.15, 0.2) is 22.7 Å². The van der Waals surface area contributed by atoms with E-state index in [1.54, 1.807) is 32.0 Å². The van der Waals surface area contributed by atoms with E-state index in [9.17, 15) is 4.79 Å². The zero-order chi connectivity index (χ0) is 18.3. The van der Waals surface area contributed by atoms with Crippen LogP contribution in [0.5, 0.6) is 11.5 Å². The quantitative estimate of drug-likeness (QED) is 0.647. The summed E-state index contributed by atoms with van der Waals surface area (Å²) in [5.41, 5.74) is 2.62. The molecule has 0 bridgehead atoms. The lowest BCUT2D eigenvalue weighted by molar-refractivity contribution is 0.0474. The number of hydrogen-bond donors (Lipinski definition) is 0. The van der Waals surface area contributed by atoms with Gasteiger partial charge in [0.05, 0.1) is 21.7 Å². The van der Waals surface area contributed by atoms with Gasteiger partial charge in [0.15, 0.2) is 11.5 Å². The van der Waals surface area contributed by atoms with E-state index in [2.05, 4.69) is 10.1 Å². The van der Waals surface area contributed by atoms with Crippen LogP contribution in [-0.4, -0.2) is 29.3 Å². The normalized spacial score (nSPS) is 13.0. The number of esters is 1. The third kappa shape index (κ3) is 2.94. The second-order valence-electron chi connectivity index (χ2n) is 5.94. The number of pyridine rings is 1. The molecule has 0 radical (unpaired) electrons. The Labute approximate surface area is 153 Å². The van der Waals surface area contributed by atoms with E-state index < -0.39 is 5.97 Å². The zero-order valence-electron chi connectivity index (χ0n) is 14.2. The molecule has 134 valence electrons. The summed E-state index contributed by atoms with van der Waals surface area (Å²) in [4.78, 5) is 16.8. The number of nitrogens with zero attached hydrogens (tertiary/aromatic N) is 2. The van der Waals surface area contributed by atoms with Crippen molar-refractivity contribution in [2.75, 3.05) is 13.2 Å². The van der Waals surface area contributed by atoms with Gasteiger partial charge in [-0.3, -0.25) is 0 Å². The number of benzene rings is 1. The minimum Gasteiger partial charge on any atom is -0.486 e. The zero-order valence-corrected chi connectivity index (χ0v) is 14.9. The third-order valence-corrected chi connectivity index (χ3v) is 4.27. The number of hydrogen-bond acceptors (Lipinski definition) is 7. The number of aromatic nitrogens is 2. The summed E-state index contributed by atoms with van der Waals surface area (Å²) in [6.07, 6.45) is 0. The first-order chi connectivity index (χ1) is 12.5. The molecule has 1 aliphatic rings. The minimum absolute atomic E-state index is 0.0440. The largest absolute Gasteiger partial charge is 0.486 e. The second kappa shape index (κ2) is 6.49. The molecule has 0 unspecified atom stereocenters. The average molecular weight is 375 g/mol. The molecule has 2 aromatic heterocycles. The summed E-state index contributed by atoms with van der Waals surface area (Å²) in [5, 5.41) is 4.84. The maximum Gasteiger partial charge on any atom is 0.339 e. The van der Waals surface area contributed by atoms with Gasteiger partial charge < -0.3 is 18.7 Å². The first-order valence-corrected chi connectivity index (χ1v) is 8.39. The highest BCUT2D eigenvalue weighted by molar-refractivity contribution is 6.32. The molecular formula is C18H15ClN2O5. The van der Waals surface area contributed by atoms with Gasteiger partial charge in [0, 0.05) is 5.69 Å². The van der Waals surface area contributed by atoms with Crippen LogP contribution >= 0.6 is 11.6 Å². The van der Waals surface area contributed by atoms with Crippen LogP contribution in [0.25, 0.3) is 11.1 Å². The lowest BCUT2D eigenvalue weighted by Gasteiger charge is -2.20. The third-order valence-electron chi connectivity index (χ3n) is 3.99. The number of halogens is 1. The summed E-state index contributed by atoms with van der Waals surface area (Å²) in [6, 6.07) is 5.11. The second-order valence-corrected chi connectivity index (χ2v) is 6.34. The fraction of sp³-hybridized carbons (Fsp3) is 0.278. The van der Waals surface area contributed by atoms with Crippen LogP contribution in [0.2, 0.25) is 5.02 Å². The van der Waals surface area contributed by atoms with Gasteiger partial charge in [0.2, 0.25) is 0 Å². The van der Waals surface area contributed by atoms with Crippen molar-refractivity contribution in [3.63, 3.8) is 0 Å². The smallest absolute Gasteiger partial charge is 0.339 e. The van der Waals surface area contributed by atoms with Crippen LogP contribution in [0.1, 0.15) is 27.3 Å². The van der Waals surface area contributed by atoms with Crippen LogP contribution in [-0.2, 0) is 11.3 Å². The maximum absolute atomic E-state index is 12.6. The number of carbonyl (C=O) groups is 1. The lowest BCUT2D eigenvalue weighted by Crippen LogP contribution is -2.16. The fourth-order valence-electron chi connectivity index (χ4n) is 2.85. The van der Waals surface area contributed by atoms with Gasteiger partial charge in [0.1, 0.15) is 19.8 Å². The number of ether oxygens (including phenoxy) is 3. The van der Waals surface area contributed by atoms with Crippen molar-refractivity contribution in [2.45, 2.75) is 20.5 Å². The monoisotopic (exact) mass is 374 g/mol. The van der Waals surface area contributed by atoms with Crippen molar-refractivity contribution in [3.05, 3.63) is 45.7 Å². The minimum atomic E-state index is -0.488. The number of fused-ring (bicyclic) bond motifs is 2. The van der Waals surface area contributed by atoms with E-state index in [4.69, 9.17) is 30.3 Å². The standard InChI is InChI=1S/C18H15ClN2O5/c1-9-5-12(15-10(2)21-26-17(15)20-9)18(22)25-8-11-6-13(19)16-14(7-11)23-3-4-24-16/h5-7H,3-4,8H2,1-2H3. The van der Waals surface area contributed by atoms with Crippen molar-refractivity contribution >= 4 is 28.7 Å². The predicted octanol–water partition coefficient (Wildman–Crippen LogP) is 3.62. The molecule has 0 spiro atoms. The van der Waals surface area contributed by atoms with E-state index in [1.165, 1.54) is 0 Å². The Kier molecular flexibility index (Phi) is 4.16. The lowest BCUT2D eigenvalue weighted by atomic mass is 10.1. The Balaban J connectivity index is 1.58. The van der Waals surface area contributed by atoms with Crippen molar-refractivity contribution in [1.82, 2.24) is 10.1 Å². The molecule has 0 amide bonds. The van der Waals surface area contributed by atoms with Gasteiger partial charge in [-0.15, -0.1) is 0 Å². The molecule has 0 fully saturated rings. The average Bonchev–Trinajstić information content (AvgIpc) is 3.00. The van der Waals surface area contributed by atoms with Gasteiger partial charge in [-0.05, 0) is 37.6 Å². The fourth-order valence-corrected chi connectivity index (χ4v) is 3.14.